The lowest BCUT2D eigenvalue weighted by atomic mass is 10.3. The highest BCUT2D eigenvalue weighted by Gasteiger charge is 2.15. The van der Waals surface area contributed by atoms with Crippen molar-refractivity contribution in [1.82, 2.24) is 10.6 Å². The van der Waals surface area contributed by atoms with Gasteiger partial charge < -0.3 is 15.6 Å². The molecule has 1 aromatic heterocycles. The number of aliphatic imine (C=N–C) groups is 2. The molecule has 0 bridgehead atoms. The quantitative estimate of drug-likeness (QED) is 0.308. The van der Waals surface area contributed by atoms with E-state index in [0.717, 1.165) is 11.8 Å². The summed E-state index contributed by atoms with van der Waals surface area (Å²) in [5, 5.41) is 16.0. The molecule has 0 spiro atoms. The molecule has 3 rings (SSSR count). The maximum Gasteiger partial charge on any atom is 0.198 e. The number of hydrogen-bond donors (Lipinski definition) is 4. The van der Waals surface area contributed by atoms with Crippen molar-refractivity contribution in [3.63, 3.8) is 0 Å². The Kier molecular flexibility index (Phi) is 5.64. The van der Waals surface area contributed by atoms with E-state index in [-0.39, 0.29) is 33.9 Å². The van der Waals surface area contributed by atoms with E-state index in [4.69, 9.17) is 21.9 Å². The van der Waals surface area contributed by atoms with Gasteiger partial charge in [0.1, 0.15) is 17.8 Å². The second-order valence-corrected chi connectivity index (χ2v) is 5.61. The SMILES string of the molecule is NC(=Nc1conc1C(=Nc1ccc(F)c(Cl)c1)NO)Nc1ccccc1. The topological polar surface area (TPSA) is 121 Å². The zero-order valence-corrected chi connectivity index (χ0v) is 14.5. The van der Waals surface area contributed by atoms with Gasteiger partial charge in [0, 0.05) is 5.69 Å². The highest BCUT2D eigenvalue weighted by atomic mass is 35.5. The van der Waals surface area contributed by atoms with Gasteiger partial charge in [0.25, 0.3) is 0 Å². The molecule has 0 radical (unpaired) electrons. The third-order valence-electron chi connectivity index (χ3n) is 3.31. The van der Waals surface area contributed by atoms with E-state index in [2.05, 4.69) is 20.5 Å². The van der Waals surface area contributed by atoms with Crippen LogP contribution in [0.4, 0.5) is 21.5 Å². The summed E-state index contributed by atoms with van der Waals surface area (Å²) in [5.41, 5.74) is 9.13. The van der Waals surface area contributed by atoms with Gasteiger partial charge in [-0.15, -0.1) is 0 Å². The number of guanidine groups is 1. The Morgan fingerprint density at radius 1 is 1.19 bits per heavy atom. The Bertz CT molecular complexity index is 990. The van der Waals surface area contributed by atoms with Gasteiger partial charge in [-0.2, -0.15) is 0 Å². The largest absolute Gasteiger partial charge is 0.369 e. The predicted molar refractivity (Wildman–Crippen MR) is 100 cm³/mol. The maximum atomic E-state index is 13.3. The van der Waals surface area contributed by atoms with Gasteiger partial charge in [-0.25, -0.2) is 14.4 Å². The minimum atomic E-state index is -0.583. The predicted octanol–water partition coefficient (Wildman–Crippen LogP) is 3.58. The summed E-state index contributed by atoms with van der Waals surface area (Å²) in [6.45, 7) is 0. The summed E-state index contributed by atoms with van der Waals surface area (Å²) < 4.78 is 18.2. The molecule has 3 aromatic rings. The lowest BCUT2D eigenvalue weighted by Crippen LogP contribution is -2.23. The number of aromatic nitrogens is 1. The highest BCUT2D eigenvalue weighted by molar-refractivity contribution is 6.31. The Morgan fingerprint density at radius 3 is 2.67 bits per heavy atom. The Morgan fingerprint density at radius 2 is 1.96 bits per heavy atom. The second kappa shape index (κ2) is 8.30. The van der Waals surface area contributed by atoms with Crippen molar-refractivity contribution in [2.45, 2.75) is 0 Å². The number of para-hydroxylation sites is 1. The van der Waals surface area contributed by atoms with Crippen molar-refractivity contribution in [3.8, 4) is 0 Å². The molecule has 0 aliphatic heterocycles. The number of halogens is 2. The Hall–Kier alpha value is -3.43. The van der Waals surface area contributed by atoms with Crippen molar-refractivity contribution in [1.29, 1.82) is 0 Å². The molecule has 0 aliphatic rings. The molecule has 0 atom stereocenters. The zero-order chi connectivity index (χ0) is 19.2. The number of amidine groups is 1. The van der Waals surface area contributed by atoms with Gasteiger partial charge in [-0.05, 0) is 30.3 Å². The molecule has 0 saturated carbocycles. The van der Waals surface area contributed by atoms with Crippen molar-refractivity contribution in [3.05, 3.63) is 71.3 Å². The van der Waals surface area contributed by atoms with E-state index in [9.17, 15) is 9.60 Å². The smallest absolute Gasteiger partial charge is 0.198 e. The summed E-state index contributed by atoms with van der Waals surface area (Å²) in [5.74, 6) is -0.592. The molecule has 10 heteroatoms. The molecule has 138 valence electrons. The number of rotatable bonds is 4. The van der Waals surface area contributed by atoms with Gasteiger partial charge >= 0.3 is 0 Å². The highest BCUT2D eigenvalue weighted by Crippen LogP contribution is 2.24. The van der Waals surface area contributed by atoms with Crippen LogP contribution in [0.1, 0.15) is 5.69 Å². The molecular formula is C17H14ClFN6O2. The molecule has 27 heavy (non-hydrogen) atoms. The van der Waals surface area contributed by atoms with Crippen LogP contribution in [0.3, 0.4) is 0 Å². The van der Waals surface area contributed by atoms with Crippen molar-refractivity contribution < 1.29 is 14.1 Å². The minimum absolute atomic E-state index is 0.0766. The second-order valence-electron chi connectivity index (χ2n) is 5.21. The van der Waals surface area contributed by atoms with Gasteiger partial charge in [0.2, 0.25) is 0 Å². The van der Waals surface area contributed by atoms with Gasteiger partial charge in [-0.1, -0.05) is 35.0 Å². The van der Waals surface area contributed by atoms with E-state index in [1.807, 2.05) is 35.8 Å². The zero-order valence-electron chi connectivity index (χ0n) is 13.7. The normalized spacial score (nSPS) is 12.1. The summed E-state index contributed by atoms with van der Waals surface area (Å²) in [6, 6.07) is 13.0. The summed E-state index contributed by atoms with van der Waals surface area (Å²) in [6.07, 6.45) is 1.24. The summed E-state index contributed by atoms with van der Waals surface area (Å²) in [4.78, 5) is 8.29. The number of hydroxylamine groups is 1. The third-order valence-corrected chi connectivity index (χ3v) is 3.60. The first-order valence-corrected chi connectivity index (χ1v) is 7.99. The molecule has 2 aromatic carbocycles. The van der Waals surface area contributed by atoms with E-state index < -0.39 is 5.82 Å². The molecule has 0 fully saturated rings. The Balaban J connectivity index is 1.88. The lowest BCUT2D eigenvalue weighted by molar-refractivity contribution is 0.234. The average molecular weight is 389 g/mol. The molecule has 0 amide bonds. The van der Waals surface area contributed by atoms with Crippen LogP contribution in [0.2, 0.25) is 5.02 Å². The standard InChI is InChI=1S/C17H14ClFN6O2/c18-12-8-11(6-7-13(12)19)21-16(24-26)15-14(9-27-25-15)23-17(20)22-10-4-2-1-3-5-10/h1-9,26H,(H,21,24)(H3,20,22,23). The van der Waals surface area contributed by atoms with Gasteiger partial charge in [0.15, 0.2) is 17.5 Å². The number of benzene rings is 2. The maximum absolute atomic E-state index is 13.3. The fourth-order valence-electron chi connectivity index (χ4n) is 2.12. The van der Waals surface area contributed by atoms with Crippen molar-refractivity contribution in [2.75, 3.05) is 5.32 Å². The summed E-state index contributed by atoms with van der Waals surface area (Å²) >= 11 is 5.73. The van der Waals surface area contributed by atoms with E-state index in [0.29, 0.717) is 0 Å². The first kappa shape index (κ1) is 18.4. The molecule has 8 nitrogen and oxygen atoms in total. The molecule has 1 heterocycles. The minimum Gasteiger partial charge on any atom is -0.369 e. The lowest BCUT2D eigenvalue weighted by Gasteiger charge is -2.05. The monoisotopic (exact) mass is 388 g/mol. The van der Waals surface area contributed by atoms with Crippen molar-refractivity contribution >= 4 is 40.5 Å². The van der Waals surface area contributed by atoms with Crippen LogP contribution in [-0.4, -0.2) is 22.2 Å². The fraction of sp³-hybridized carbons (Fsp3) is 0. The molecule has 5 N–H and O–H groups in total. The van der Waals surface area contributed by atoms with Crippen LogP contribution in [-0.2, 0) is 0 Å². The average Bonchev–Trinajstić information content (AvgIpc) is 3.11. The van der Waals surface area contributed by atoms with Crippen molar-refractivity contribution in [2.24, 2.45) is 15.7 Å². The number of anilines is 1. The number of nitrogens with one attached hydrogen (secondary N) is 2. The van der Waals surface area contributed by atoms with E-state index in [1.54, 1.807) is 0 Å². The number of hydrogen-bond acceptors (Lipinski definition) is 5. The fourth-order valence-corrected chi connectivity index (χ4v) is 2.29. The Labute approximate surface area is 158 Å². The number of nitrogens with zero attached hydrogens (tertiary/aromatic N) is 3. The first-order valence-electron chi connectivity index (χ1n) is 7.61. The van der Waals surface area contributed by atoms with Crippen LogP contribution < -0.4 is 16.5 Å². The first-order chi connectivity index (χ1) is 13.1. The number of nitrogens with two attached hydrogens (primary N) is 1. The van der Waals surface area contributed by atoms with Crippen LogP contribution >= 0.6 is 11.6 Å². The van der Waals surface area contributed by atoms with Gasteiger partial charge in [0.05, 0.1) is 10.7 Å². The molecule has 0 aliphatic carbocycles. The summed E-state index contributed by atoms with van der Waals surface area (Å²) in [7, 11) is 0. The third kappa shape index (κ3) is 4.60. The van der Waals surface area contributed by atoms with Gasteiger partial charge in [-0.3, -0.25) is 10.7 Å². The van der Waals surface area contributed by atoms with Crippen LogP contribution in [0.15, 0.2) is 69.3 Å². The molecule has 0 saturated heterocycles. The van der Waals surface area contributed by atoms with Crippen LogP contribution in [0, 0.1) is 5.82 Å². The van der Waals surface area contributed by atoms with E-state index in [1.165, 1.54) is 18.4 Å². The molecular weight excluding hydrogens is 375 g/mol. The van der Waals surface area contributed by atoms with Crippen LogP contribution in [0.25, 0.3) is 0 Å². The molecule has 0 unspecified atom stereocenters. The van der Waals surface area contributed by atoms with Crippen LogP contribution in [0.5, 0.6) is 0 Å². The van der Waals surface area contributed by atoms with E-state index >= 15 is 0 Å².